The van der Waals surface area contributed by atoms with Crippen LogP contribution in [-0.2, 0) is 30.9 Å². The molecule has 0 aromatic carbocycles. The molecule has 0 amide bonds. The van der Waals surface area contributed by atoms with Crippen molar-refractivity contribution in [1.82, 2.24) is 14.9 Å². The monoisotopic (exact) mass is 453 g/mol. The van der Waals surface area contributed by atoms with Crippen LogP contribution in [0.25, 0.3) is 0 Å². The summed E-state index contributed by atoms with van der Waals surface area (Å²) >= 11 is 0. The third-order valence-electron chi connectivity index (χ3n) is 4.80. The number of unbranched alkanes of at least 4 members (excludes halogenated alkanes) is 1. The zero-order valence-corrected chi connectivity index (χ0v) is 17.9. The van der Waals surface area contributed by atoms with E-state index in [1.165, 1.54) is 18.7 Å². The number of carbonyl (C=O) groups is 2. The minimum absolute atomic E-state index is 0.0427. The number of rotatable bonds is 10. The van der Waals surface area contributed by atoms with Gasteiger partial charge in [0.15, 0.2) is 0 Å². The lowest BCUT2D eigenvalue weighted by Gasteiger charge is -2.28. The van der Waals surface area contributed by atoms with E-state index >= 15 is 0 Å². The van der Waals surface area contributed by atoms with Crippen LogP contribution in [0.4, 0.5) is 5.82 Å². The summed E-state index contributed by atoms with van der Waals surface area (Å²) in [4.78, 5) is 54.6. The van der Waals surface area contributed by atoms with Crippen molar-refractivity contribution in [3.63, 3.8) is 0 Å². The number of methoxy groups -OCH3 is 1. The van der Waals surface area contributed by atoms with Crippen LogP contribution in [0.3, 0.4) is 0 Å². The molecule has 1 N–H and O–H groups in total. The fourth-order valence-electron chi connectivity index (χ4n) is 3.34. The molecule has 1 aromatic rings. The van der Waals surface area contributed by atoms with Gasteiger partial charge in [-0.05, 0) is 31.6 Å². The molecule has 174 valence electrons. The van der Waals surface area contributed by atoms with Crippen LogP contribution in [-0.4, -0.2) is 51.8 Å². The van der Waals surface area contributed by atoms with E-state index in [4.69, 9.17) is 9.47 Å². The number of allylic oxidation sites excluding steroid dienone is 2. The first-order chi connectivity index (χ1) is 15.1. The summed E-state index contributed by atoms with van der Waals surface area (Å²) in [5.41, 5.74) is 0.889. The largest absolute Gasteiger partial charge is 0.466 e. The molecular weight excluding hydrogens is 430 g/mol. The van der Waals surface area contributed by atoms with Crippen LogP contribution in [0.15, 0.2) is 28.7 Å². The molecule has 0 radical (unpaired) electrons. The van der Waals surface area contributed by atoms with Gasteiger partial charge in [-0.1, -0.05) is 0 Å². The van der Waals surface area contributed by atoms with Crippen molar-refractivity contribution in [3.05, 3.63) is 54.8 Å². The average Bonchev–Trinajstić information content (AvgIpc) is 3.10. The molecule has 1 aromatic heterocycles. The molecule has 2 heterocycles. The Morgan fingerprint density at radius 3 is 2.25 bits per heavy atom. The lowest BCUT2D eigenvalue weighted by Crippen LogP contribution is -2.33. The third kappa shape index (κ3) is 5.19. The maximum absolute atomic E-state index is 12.9. The van der Waals surface area contributed by atoms with Gasteiger partial charge in [-0.2, -0.15) is 0 Å². The number of hydrogen-bond donors (Lipinski definition) is 1. The SMILES string of the molecule is COC(=O)C1=C(C)NC(C)=C(C(=O)OCCCCO[N+](=O)[O-])C1c1ncc([N+](=O)[O-])n1C. The number of imidazole rings is 1. The summed E-state index contributed by atoms with van der Waals surface area (Å²) < 4.78 is 11.3. The number of hydrogen-bond acceptors (Lipinski definition) is 11. The van der Waals surface area contributed by atoms with Gasteiger partial charge >= 0.3 is 17.8 Å². The molecule has 1 atom stereocenters. The predicted molar refractivity (Wildman–Crippen MR) is 106 cm³/mol. The molecule has 2 rings (SSSR count). The second-order valence-electron chi connectivity index (χ2n) is 6.82. The summed E-state index contributed by atoms with van der Waals surface area (Å²) in [5.74, 6) is -2.82. The highest BCUT2D eigenvalue weighted by atomic mass is 16.9. The Morgan fingerprint density at radius 1 is 1.12 bits per heavy atom. The lowest BCUT2D eigenvalue weighted by atomic mass is 9.84. The van der Waals surface area contributed by atoms with Crippen molar-refractivity contribution < 1.29 is 33.9 Å². The molecule has 0 saturated carbocycles. The van der Waals surface area contributed by atoms with Gasteiger partial charge in [0, 0.05) is 11.4 Å². The second-order valence-corrected chi connectivity index (χ2v) is 6.82. The molecule has 1 aliphatic heterocycles. The number of nitrogens with zero attached hydrogens (tertiary/aromatic N) is 4. The number of nitrogens with one attached hydrogen (secondary N) is 1. The van der Waals surface area contributed by atoms with Crippen LogP contribution in [0.2, 0.25) is 0 Å². The van der Waals surface area contributed by atoms with E-state index in [9.17, 15) is 29.8 Å². The highest BCUT2D eigenvalue weighted by Crippen LogP contribution is 2.39. The molecule has 0 saturated heterocycles. The van der Waals surface area contributed by atoms with E-state index in [0.29, 0.717) is 17.8 Å². The van der Waals surface area contributed by atoms with E-state index in [0.717, 1.165) is 6.20 Å². The average molecular weight is 453 g/mol. The van der Waals surface area contributed by atoms with Crippen molar-refractivity contribution in [2.24, 2.45) is 7.05 Å². The number of dihydropyridines is 1. The number of carbonyl (C=O) groups excluding carboxylic acids is 2. The van der Waals surface area contributed by atoms with Gasteiger partial charge in [0.05, 0.1) is 38.5 Å². The molecule has 0 bridgehead atoms. The van der Waals surface area contributed by atoms with Crippen LogP contribution in [0.5, 0.6) is 0 Å². The highest BCUT2D eigenvalue weighted by Gasteiger charge is 2.42. The summed E-state index contributed by atoms with van der Waals surface area (Å²) in [6, 6.07) is 0. The maximum Gasteiger partial charge on any atom is 0.342 e. The van der Waals surface area contributed by atoms with Gasteiger partial charge in [0.1, 0.15) is 12.1 Å². The Kier molecular flexibility index (Phi) is 7.87. The zero-order valence-electron chi connectivity index (χ0n) is 17.9. The minimum Gasteiger partial charge on any atom is -0.466 e. The van der Waals surface area contributed by atoms with Crippen molar-refractivity contribution in [2.75, 3.05) is 20.3 Å². The molecule has 1 aliphatic rings. The minimum atomic E-state index is -1.08. The zero-order chi connectivity index (χ0) is 24.0. The van der Waals surface area contributed by atoms with Crippen molar-refractivity contribution in [1.29, 1.82) is 0 Å². The van der Waals surface area contributed by atoms with Crippen LogP contribution < -0.4 is 5.32 Å². The van der Waals surface area contributed by atoms with Crippen LogP contribution in [0.1, 0.15) is 38.4 Å². The van der Waals surface area contributed by atoms with Crippen molar-refractivity contribution in [3.8, 4) is 0 Å². The topological polar surface area (TPSA) is 178 Å². The van der Waals surface area contributed by atoms with E-state index in [1.54, 1.807) is 13.8 Å². The van der Waals surface area contributed by atoms with Gasteiger partial charge in [-0.15, -0.1) is 10.1 Å². The quantitative estimate of drug-likeness (QED) is 0.233. The number of ether oxygens (including phenoxy) is 2. The Bertz CT molecular complexity index is 995. The Labute approximate surface area is 182 Å². The van der Waals surface area contributed by atoms with Gasteiger partial charge in [0.25, 0.3) is 5.09 Å². The van der Waals surface area contributed by atoms with Gasteiger partial charge in [-0.3, -0.25) is 0 Å². The molecule has 32 heavy (non-hydrogen) atoms. The predicted octanol–water partition coefficient (Wildman–Crippen LogP) is 1.27. The van der Waals surface area contributed by atoms with Gasteiger partial charge in [0.2, 0.25) is 5.82 Å². The first-order valence-corrected chi connectivity index (χ1v) is 9.47. The Balaban J connectivity index is 2.35. The summed E-state index contributed by atoms with van der Waals surface area (Å²) in [6.45, 7) is 3.02. The number of esters is 2. The summed E-state index contributed by atoms with van der Waals surface area (Å²) in [7, 11) is 2.58. The molecule has 14 nitrogen and oxygen atoms in total. The third-order valence-corrected chi connectivity index (χ3v) is 4.80. The van der Waals surface area contributed by atoms with E-state index in [1.807, 2.05) is 0 Å². The summed E-state index contributed by atoms with van der Waals surface area (Å²) in [5, 5.41) is 23.5. The van der Waals surface area contributed by atoms with Crippen LogP contribution >= 0.6 is 0 Å². The second kappa shape index (κ2) is 10.4. The molecule has 0 aliphatic carbocycles. The number of nitro groups is 1. The molecule has 14 heteroatoms. The van der Waals surface area contributed by atoms with E-state index < -0.39 is 27.9 Å². The normalized spacial score (nSPS) is 15.8. The first kappa shape index (κ1) is 24.3. The first-order valence-electron chi connectivity index (χ1n) is 9.47. The van der Waals surface area contributed by atoms with Crippen molar-refractivity contribution >= 4 is 17.8 Å². The van der Waals surface area contributed by atoms with Crippen molar-refractivity contribution in [2.45, 2.75) is 32.6 Å². The standard InChI is InChI=1S/C18H23N5O9/c1-10-13(17(24)30-4)15(16-19-9-12(21(16)3)22(26)27)14(11(2)20-10)18(25)31-7-5-6-8-32-23(28)29/h9,15,20H,5-8H2,1-4H3. The maximum atomic E-state index is 12.9. The fourth-order valence-corrected chi connectivity index (χ4v) is 3.34. The van der Waals surface area contributed by atoms with E-state index in [2.05, 4.69) is 15.1 Å². The van der Waals surface area contributed by atoms with Gasteiger partial charge < -0.3 is 29.7 Å². The molecule has 0 fully saturated rings. The molecule has 0 spiro atoms. The summed E-state index contributed by atoms with van der Waals surface area (Å²) in [6.07, 6.45) is 1.62. The fraction of sp³-hybridized carbons (Fsp3) is 0.500. The Morgan fingerprint density at radius 2 is 1.72 bits per heavy atom. The van der Waals surface area contributed by atoms with E-state index in [-0.39, 0.29) is 42.4 Å². The smallest absolute Gasteiger partial charge is 0.342 e. The van der Waals surface area contributed by atoms with Gasteiger partial charge in [-0.25, -0.2) is 19.1 Å². The number of aromatic nitrogens is 2. The van der Waals surface area contributed by atoms with Crippen LogP contribution in [0, 0.1) is 20.2 Å². The lowest BCUT2D eigenvalue weighted by molar-refractivity contribution is -0.757. The molecular formula is C18H23N5O9. The highest BCUT2D eigenvalue weighted by molar-refractivity contribution is 5.99. The molecule has 1 unspecified atom stereocenters. The Hall–Kier alpha value is -3.97.